The number of carbonyl (C=O) groups is 2. The average Bonchev–Trinajstić information content (AvgIpc) is 2.57. The van der Waals surface area contributed by atoms with Gasteiger partial charge in [-0.25, -0.2) is 9.37 Å². The summed E-state index contributed by atoms with van der Waals surface area (Å²) in [5.74, 6) is -1.05. The number of nitrogens with one attached hydrogen (secondary N) is 2. The predicted octanol–water partition coefficient (Wildman–Crippen LogP) is 2.26. The van der Waals surface area contributed by atoms with E-state index in [0.717, 1.165) is 0 Å². The third kappa shape index (κ3) is 4.50. The Morgan fingerprint density at radius 1 is 1.22 bits per heavy atom. The topological polar surface area (TPSA) is 80.3 Å². The van der Waals surface area contributed by atoms with Gasteiger partial charge < -0.3 is 15.4 Å². The number of ether oxygens (including phenoxy) is 1. The van der Waals surface area contributed by atoms with Crippen molar-refractivity contribution in [2.75, 3.05) is 19.0 Å². The van der Waals surface area contributed by atoms with E-state index in [4.69, 9.17) is 0 Å². The van der Waals surface area contributed by atoms with Gasteiger partial charge in [0.25, 0.3) is 5.91 Å². The van der Waals surface area contributed by atoms with E-state index in [9.17, 15) is 14.0 Å². The molecule has 0 saturated heterocycles. The number of aromatic nitrogens is 1. The number of nitrogens with zero attached hydrogens (tertiary/aromatic N) is 1. The second-order valence-electron chi connectivity index (χ2n) is 4.59. The number of para-hydroxylation sites is 1. The molecule has 0 saturated carbocycles. The zero-order valence-electron chi connectivity index (χ0n) is 12.5. The smallest absolute Gasteiger partial charge is 0.307 e. The number of esters is 1. The molecule has 0 aliphatic rings. The number of halogens is 1. The van der Waals surface area contributed by atoms with Gasteiger partial charge >= 0.3 is 5.97 Å². The van der Waals surface area contributed by atoms with Crippen LogP contribution in [0.1, 0.15) is 16.8 Å². The summed E-state index contributed by atoms with van der Waals surface area (Å²) in [4.78, 5) is 27.3. The minimum Gasteiger partial charge on any atom is -0.469 e. The lowest BCUT2D eigenvalue weighted by Gasteiger charge is -2.11. The summed E-state index contributed by atoms with van der Waals surface area (Å²) in [6, 6.07) is 9.25. The van der Waals surface area contributed by atoms with E-state index in [-0.39, 0.29) is 30.0 Å². The number of methoxy groups -OCH3 is 1. The molecule has 0 fully saturated rings. The van der Waals surface area contributed by atoms with Crippen LogP contribution >= 0.6 is 0 Å². The minimum atomic E-state index is -0.449. The van der Waals surface area contributed by atoms with Gasteiger partial charge in [-0.05, 0) is 24.3 Å². The predicted molar refractivity (Wildman–Crippen MR) is 82.9 cm³/mol. The Hall–Kier alpha value is -2.96. The summed E-state index contributed by atoms with van der Waals surface area (Å²) in [5, 5.41) is 5.38. The normalized spacial score (nSPS) is 10.0. The number of anilines is 2. The first-order valence-corrected chi connectivity index (χ1v) is 6.93. The van der Waals surface area contributed by atoms with Crippen LogP contribution in [0.15, 0.2) is 42.6 Å². The molecule has 2 aromatic rings. The molecule has 1 heterocycles. The van der Waals surface area contributed by atoms with Crippen LogP contribution in [0, 0.1) is 5.82 Å². The van der Waals surface area contributed by atoms with Crippen molar-refractivity contribution in [3.05, 3.63) is 54.0 Å². The Balaban J connectivity index is 2.09. The standard InChI is InChI=1S/C16H16FN3O3/c1-23-14(21)8-10-19-16(22)11-5-4-9-18-15(11)20-13-7-3-2-6-12(13)17/h2-7,9H,8,10H2,1H3,(H,18,20)(H,19,22). The van der Waals surface area contributed by atoms with Crippen LogP contribution in [-0.4, -0.2) is 30.5 Å². The van der Waals surface area contributed by atoms with E-state index in [1.807, 2.05) is 0 Å². The quantitative estimate of drug-likeness (QED) is 0.799. The van der Waals surface area contributed by atoms with E-state index >= 15 is 0 Å². The molecule has 0 spiro atoms. The minimum absolute atomic E-state index is 0.0680. The van der Waals surface area contributed by atoms with Gasteiger partial charge in [-0.3, -0.25) is 9.59 Å². The first-order chi connectivity index (χ1) is 11.1. The van der Waals surface area contributed by atoms with Crippen molar-refractivity contribution in [2.45, 2.75) is 6.42 Å². The van der Waals surface area contributed by atoms with Crippen molar-refractivity contribution in [2.24, 2.45) is 0 Å². The number of hydrogen-bond donors (Lipinski definition) is 2. The third-order valence-electron chi connectivity index (χ3n) is 3.02. The monoisotopic (exact) mass is 317 g/mol. The number of rotatable bonds is 6. The van der Waals surface area contributed by atoms with Crippen molar-refractivity contribution in [1.82, 2.24) is 10.3 Å². The average molecular weight is 317 g/mol. The highest BCUT2D eigenvalue weighted by atomic mass is 19.1. The highest BCUT2D eigenvalue weighted by Crippen LogP contribution is 2.20. The summed E-state index contributed by atoms with van der Waals surface area (Å²) >= 11 is 0. The number of carbonyl (C=O) groups excluding carboxylic acids is 2. The molecule has 7 heteroatoms. The fraction of sp³-hybridized carbons (Fsp3) is 0.188. The number of benzene rings is 1. The van der Waals surface area contributed by atoms with E-state index < -0.39 is 17.7 Å². The van der Waals surface area contributed by atoms with E-state index in [0.29, 0.717) is 0 Å². The fourth-order valence-electron chi connectivity index (χ4n) is 1.85. The molecule has 0 bridgehead atoms. The number of amides is 1. The molecular weight excluding hydrogens is 301 g/mol. The lowest BCUT2D eigenvalue weighted by atomic mass is 10.2. The van der Waals surface area contributed by atoms with Crippen molar-refractivity contribution < 1.29 is 18.7 Å². The Bertz CT molecular complexity index is 706. The Labute approximate surface area is 132 Å². The van der Waals surface area contributed by atoms with Gasteiger partial charge in [-0.15, -0.1) is 0 Å². The Morgan fingerprint density at radius 3 is 2.74 bits per heavy atom. The molecule has 2 rings (SSSR count). The molecule has 1 amide bonds. The van der Waals surface area contributed by atoms with E-state index in [2.05, 4.69) is 20.4 Å². The van der Waals surface area contributed by atoms with Crippen molar-refractivity contribution in [1.29, 1.82) is 0 Å². The maximum Gasteiger partial charge on any atom is 0.307 e. The maximum atomic E-state index is 13.7. The highest BCUT2D eigenvalue weighted by Gasteiger charge is 2.13. The summed E-state index contributed by atoms with van der Waals surface area (Å²) in [6.07, 6.45) is 1.56. The highest BCUT2D eigenvalue weighted by molar-refractivity contribution is 5.99. The lowest BCUT2D eigenvalue weighted by molar-refractivity contribution is -0.140. The van der Waals surface area contributed by atoms with Crippen molar-refractivity contribution in [3.63, 3.8) is 0 Å². The van der Waals surface area contributed by atoms with Crippen LogP contribution in [0.2, 0.25) is 0 Å². The molecule has 1 aromatic heterocycles. The van der Waals surface area contributed by atoms with Crippen LogP contribution in [0.4, 0.5) is 15.9 Å². The third-order valence-corrected chi connectivity index (χ3v) is 3.02. The van der Waals surface area contributed by atoms with Gasteiger partial charge in [0, 0.05) is 12.7 Å². The molecule has 0 aliphatic carbocycles. The number of pyridine rings is 1. The summed E-state index contributed by atoms with van der Waals surface area (Å²) < 4.78 is 18.2. The molecule has 0 aliphatic heterocycles. The Morgan fingerprint density at radius 2 is 2.00 bits per heavy atom. The SMILES string of the molecule is COC(=O)CCNC(=O)c1cccnc1Nc1ccccc1F. The van der Waals surface area contributed by atoms with Crippen molar-refractivity contribution >= 4 is 23.4 Å². The van der Waals surface area contributed by atoms with Crippen LogP contribution in [0.25, 0.3) is 0 Å². The van der Waals surface area contributed by atoms with Gasteiger partial charge in [0.2, 0.25) is 0 Å². The summed E-state index contributed by atoms with van der Waals surface area (Å²) in [7, 11) is 1.28. The second-order valence-corrected chi connectivity index (χ2v) is 4.59. The Kier molecular flexibility index (Phi) is 5.62. The zero-order chi connectivity index (χ0) is 16.7. The molecule has 0 atom stereocenters. The van der Waals surface area contributed by atoms with E-state index in [1.165, 1.54) is 19.4 Å². The van der Waals surface area contributed by atoms with Gasteiger partial charge in [-0.2, -0.15) is 0 Å². The molecule has 0 unspecified atom stereocenters. The summed E-state index contributed by atoms with van der Waals surface area (Å²) in [5.41, 5.74) is 0.468. The lowest BCUT2D eigenvalue weighted by Crippen LogP contribution is -2.27. The van der Waals surface area contributed by atoms with Gasteiger partial charge in [0.1, 0.15) is 11.6 Å². The van der Waals surface area contributed by atoms with Crippen LogP contribution in [0.5, 0.6) is 0 Å². The molecule has 1 aromatic carbocycles. The molecule has 120 valence electrons. The van der Waals surface area contributed by atoms with Gasteiger partial charge in [-0.1, -0.05) is 12.1 Å². The second kappa shape index (κ2) is 7.88. The van der Waals surface area contributed by atoms with E-state index in [1.54, 1.807) is 30.3 Å². The van der Waals surface area contributed by atoms with Crippen LogP contribution in [-0.2, 0) is 9.53 Å². The fourth-order valence-corrected chi connectivity index (χ4v) is 1.85. The molecule has 0 radical (unpaired) electrons. The molecular formula is C16H16FN3O3. The van der Waals surface area contributed by atoms with Gasteiger partial charge in [0.05, 0.1) is 24.8 Å². The largest absolute Gasteiger partial charge is 0.469 e. The molecule has 6 nitrogen and oxygen atoms in total. The van der Waals surface area contributed by atoms with Crippen LogP contribution in [0.3, 0.4) is 0 Å². The van der Waals surface area contributed by atoms with Crippen LogP contribution < -0.4 is 10.6 Å². The van der Waals surface area contributed by atoms with Crippen molar-refractivity contribution in [3.8, 4) is 0 Å². The first-order valence-electron chi connectivity index (χ1n) is 6.93. The zero-order valence-corrected chi connectivity index (χ0v) is 12.5. The first kappa shape index (κ1) is 16.4. The molecule has 2 N–H and O–H groups in total. The summed E-state index contributed by atoms with van der Waals surface area (Å²) in [6.45, 7) is 0.138. The number of hydrogen-bond acceptors (Lipinski definition) is 5. The maximum absolute atomic E-state index is 13.7. The van der Waals surface area contributed by atoms with Gasteiger partial charge in [0.15, 0.2) is 0 Å². The molecule has 23 heavy (non-hydrogen) atoms.